The zero-order valence-corrected chi connectivity index (χ0v) is 22.3. The molecule has 0 bridgehead atoms. The number of fused-ring (bicyclic) bond motifs is 2. The van der Waals surface area contributed by atoms with Crippen LogP contribution in [0.5, 0.6) is 0 Å². The first kappa shape index (κ1) is 26.7. The average Bonchev–Trinajstić information content (AvgIpc) is 2.93. The molecule has 3 aromatic heterocycles. The third-order valence-electron chi connectivity index (χ3n) is 7.35. The van der Waals surface area contributed by atoms with Crippen molar-refractivity contribution in [3.63, 3.8) is 0 Å². The van der Waals surface area contributed by atoms with Crippen LogP contribution in [0, 0.1) is 11.6 Å². The summed E-state index contributed by atoms with van der Waals surface area (Å²) in [7, 11) is 1.65. The number of unbranched alkanes of at least 4 members (excludes halogenated alkanes) is 4. The second-order valence-electron chi connectivity index (χ2n) is 10.1. The van der Waals surface area contributed by atoms with Gasteiger partial charge in [-0.1, -0.05) is 19.3 Å². The number of rotatable bonds is 11. The van der Waals surface area contributed by atoms with Gasteiger partial charge in [0.05, 0.1) is 17.4 Å². The van der Waals surface area contributed by atoms with Gasteiger partial charge in [0.2, 0.25) is 5.95 Å². The molecule has 2 N–H and O–H groups in total. The monoisotopic (exact) mass is 532 g/mol. The van der Waals surface area contributed by atoms with Crippen LogP contribution in [-0.4, -0.2) is 32.6 Å². The fourth-order valence-corrected chi connectivity index (χ4v) is 5.21. The maximum Gasteiger partial charge on any atom is 0.255 e. The summed E-state index contributed by atoms with van der Waals surface area (Å²) in [5.74, 6) is -0.338. The highest BCUT2D eigenvalue weighted by atomic mass is 19.1. The van der Waals surface area contributed by atoms with E-state index < -0.39 is 5.82 Å². The summed E-state index contributed by atoms with van der Waals surface area (Å²) in [6.45, 7) is 1.54. The Hall–Kier alpha value is -3.88. The van der Waals surface area contributed by atoms with Crippen molar-refractivity contribution in [2.24, 2.45) is 7.05 Å². The van der Waals surface area contributed by atoms with Crippen LogP contribution in [0.3, 0.4) is 0 Å². The molecule has 1 aliphatic rings. The van der Waals surface area contributed by atoms with Gasteiger partial charge in [0.25, 0.3) is 5.56 Å². The molecule has 7 nitrogen and oxygen atoms in total. The van der Waals surface area contributed by atoms with Gasteiger partial charge in [-0.15, -0.1) is 0 Å². The lowest BCUT2D eigenvalue weighted by Gasteiger charge is -2.21. The Balaban J connectivity index is 1.08. The van der Waals surface area contributed by atoms with E-state index in [1.54, 1.807) is 7.05 Å². The molecule has 0 saturated carbocycles. The number of hydrogen-bond donors (Lipinski definition) is 2. The van der Waals surface area contributed by atoms with Gasteiger partial charge in [0.15, 0.2) is 5.82 Å². The van der Waals surface area contributed by atoms with E-state index in [1.807, 2.05) is 6.07 Å². The van der Waals surface area contributed by atoms with Gasteiger partial charge in [-0.3, -0.25) is 19.3 Å². The van der Waals surface area contributed by atoms with Crippen molar-refractivity contribution in [1.29, 1.82) is 0 Å². The number of nitrogens with one attached hydrogen (secondary N) is 2. The number of nitrogens with zero attached hydrogens (tertiary/aromatic N) is 4. The summed E-state index contributed by atoms with van der Waals surface area (Å²) in [6.07, 6.45) is 12.1. The van der Waals surface area contributed by atoms with Gasteiger partial charge >= 0.3 is 0 Å². The van der Waals surface area contributed by atoms with E-state index in [0.717, 1.165) is 86.4 Å². The maximum atomic E-state index is 14.1. The van der Waals surface area contributed by atoms with Crippen LogP contribution in [0.4, 0.5) is 20.4 Å². The van der Waals surface area contributed by atoms with E-state index in [0.29, 0.717) is 18.2 Å². The first-order chi connectivity index (χ1) is 19.0. The second-order valence-corrected chi connectivity index (χ2v) is 10.1. The molecule has 9 heteroatoms. The van der Waals surface area contributed by atoms with Gasteiger partial charge in [0.1, 0.15) is 5.82 Å². The molecular weight excluding hydrogens is 498 g/mol. The van der Waals surface area contributed by atoms with Crippen LogP contribution in [0.2, 0.25) is 0 Å². The van der Waals surface area contributed by atoms with E-state index >= 15 is 0 Å². The van der Waals surface area contributed by atoms with Gasteiger partial charge in [-0.25, -0.2) is 13.8 Å². The predicted molar refractivity (Wildman–Crippen MR) is 151 cm³/mol. The number of halogens is 2. The molecule has 1 aromatic carbocycles. The van der Waals surface area contributed by atoms with Crippen LogP contribution in [0.1, 0.15) is 56.2 Å². The molecule has 0 atom stereocenters. The van der Waals surface area contributed by atoms with E-state index in [-0.39, 0.29) is 16.9 Å². The normalized spacial score (nSPS) is 12.9. The maximum absolute atomic E-state index is 14.1. The number of aromatic nitrogens is 4. The topological polar surface area (TPSA) is 84.7 Å². The van der Waals surface area contributed by atoms with E-state index in [9.17, 15) is 13.6 Å². The highest BCUT2D eigenvalue weighted by Gasteiger charge is 2.18. The molecule has 0 fully saturated rings. The molecule has 3 heterocycles. The van der Waals surface area contributed by atoms with Crippen LogP contribution >= 0.6 is 0 Å². The van der Waals surface area contributed by atoms with Crippen molar-refractivity contribution < 1.29 is 8.78 Å². The number of benzene rings is 1. The molecule has 0 aliphatic heterocycles. The summed E-state index contributed by atoms with van der Waals surface area (Å²) < 4.78 is 29.4. The minimum Gasteiger partial charge on any atom is -0.384 e. The van der Waals surface area contributed by atoms with E-state index in [4.69, 9.17) is 4.98 Å². The highest BCUT2D eigenvalue weighted by Crippen LogP contribution is 2.33. The van der Waals surface area contributed by atoms with E-state index in [1.165, 1.54) is 47.0 Å². The smallest absolute Gasteiger partial charge is 0.255 e. The Labute approximate surface area is 226 Å². The summed E-state index contributed by atoms with van der Waals surface area (Å²) in [5.41, 5.74) is 4.57. The Morgan fingerprint density at radius 3 is 2.51 bits per heavy atom. The molecule has 0 saturated heterocycles. The van der Waals surface area contributed by atoms with Crippen molar-refractivity contribution >= 4 is 22.5 Å². The third-order valence-corrected chi connectivity index (χ3v) is 7.35. The van der Waals surface area contributed by atoms with Crippen LogP contribution in [-0.2, 0) is 19.9 Å². The van der Waals surface area contributed by atoms with Crippen molar-refractivity contribution in [1.82, 2.24) is 19.5 Å². The zero-order chi connectivity index (χ0) is 27.2. The zero-order valence-electron chi connectivity index (χ0n) is 22.3. The van der Waals surface area contributed by atoms with Crippen LogP contribution in [0.25, 0.3) is 22.2 Å². The summed E-state index contributed by atoms with van der Waals surface area (Å²) in [5, 5.41) is 7.87. The van der Waals surface area contributed by atoms with Crippen LogP contribution < -0.4 is 16.2 Å². The van der Waals surface area contributed by atoms with E-state index in [2.05, 4.69) is 20.6 Å². The van der Waals surface area contributed by atoms with Crippen LogP contribution in [0.15, 0.2) is 47.5 Å². The molecule has 0 spiro atoms. The quantitative estimate of drug-likeness (QED) is 0.230. The van der Waals surface area contributed by atoms with Gasteiger partial charge in [-0.05, 0) is 62.3 Å². The number of aryl methyl sites for hydroxylation is 1. The summed E-state index contributed by atoms with van der Waals surface area (Å²) >= 11 is 0. The highest BCUT2D eigenvalue weighted by molar-refractivity contribution is 5.93. The standard InChI is InChI=1S/C30H34F2N6O/c1-38-28(39)18-27(21-13-16-33-19-24(21)32)37-30(38)35-15-8-4-2-3-7-14-34-29-22-9-5-6-10-25(22)36-26-17-20(31)11-12-23(26)29/h11-13,16-19H,2-10,14-15H2,1H3,(H,34,36)(H,35,37). The SMILES string of the molecule is Cn1c(NCCCCCCCNc2c3c(nc4cc(F)ccc24)CCCC3)nc(-c2ccncc2F)cc1=O. The second kappa shape index (κ2) is 12.3. The molecule has 0 unspecified atom stereocenters. The Morgan fingerprint density at radius 2 is 1.69 bits per heavy atom. The molecule has 39 heavy (non-hydrogen) atoms. The lowest BCUT2D eigenvalue weighted by Crippen LogP contribution is -2.22. The average molecular weight is 533 g/mol. The number of pyridine rings is 2. The Kier molecular flexibility index (Phi) is 8.44. The first-order valence-electron chi connectivity index (χ1n) is 13.8. The molecule has 1 aliphatic carbocycles. The summed E-state index contributed by atoms with van der Waals surface area (Å²) in [6, 6.07) is 7.74. The fourth-order valence-electron chi connectivity index (χ4n) is 5.21. The lowest BCUT2D eigenvalue weighted by molar-refractivity contribution is 0.623. The van der Waals surface area contributed by atoms with Crippen molar-refractivity contribution in [3.05, 3.63) is 76.0 Å². The van der Waals surface area contributed by atoms with Crippen molar-refractivity contribution in [2.75, 3.05) is 23.7 Å². The summed E-state index contributed by atoms with van der Waals surface area (Å²) in [4.78, 5) is 25.3. The minimum absolute atomic E-state index is 0.250. The third kappa shape index (κ3) is 6.24. The number of hydrogen-bond acceptors (Lipinski definition) is 6. The number of anilines is 2. The molecule has 0 amide bonds. The Morgan fingerprint density at radius 1 is 0.923 bits per heavy atom. The van der Waals surface area contributed by atoms with Gasteiger partial charge in [0, 0.05) is 60.8 Å². The molecule has 4 aromatic rings. The lowest BCUT2D eigenvalue weighted by atomic mass is 9.92. The molecule has 204 valence electrons. The van der Waals surface area contributed by atoms with Crippen molar-refractivity contribution in [3.8, 4) is 11.3 Å². The largest absolute Gasteiger partial charge is 0.384 e. The first-order valence-corrected chi connectivity index (χ1v) is 13.8. The van der Waals surface area contributed by atoms with Gasteiger partial charge in [-0.2, -0.15) is 0 Å². The Bertz CT molecular complexity index is 1520. The molecule has 5 rings (SSSR count). The molecule has 0 radical (unpaired) electrons. The minimum atomic E-state index is -0.510. The van der Waals surface area contributed by atoms with Gasteiger partial charge < -0.3 is 10.6 Å². The van der Waals surface area contributed by atoms with Crippen molar-refractivity contribution in [2.45, 2.75) is 57.8 Å². The fraction of sp³-hybridized carbons (Fsp3) is 0.400. The molecular formula is C30H34F2N6O. The predicted octanol–water partition coefficient (Wildman–Crippen LogP) is 6.02.